The fraction of sp³-hybridized carbons (Fsp3) is 0.350. The predicted molar refractivity (Wildman–Crippen MR) is 197 cm³/mol. The highest BCUT2D eigenvalue weighted by molar-refractivity contribution is 7.22. The molecule has 51 heavy (non-hydrogen) atoms. The van der Waals surface area contributed by atoms with Gasteiger partial charge in [-0.15, -0.1) is 0 Å². The molecule has 3 N–H and O–H groups in total. The first-order chi connectivity index (χ1) is 24.3. The maximum absolute atomic E-state index is 13.5. The molecule has 1 amide bonds. The van der Waals surface area contributed by atoms with E-state index in [-0.39, 0.29) is 27.8 Å². The van der Waals surface area contributed by atoms with E-state index < -0.39 is 11.6 Å². The molecule has 258 valence electrons. The molecule has 10 nitrogen and oxygen atoms in total. The van der Waals surface area contributed by atoms with Gasteiger partial charge < -0.3 is 10.2 Å². The Kier molecular flexibility index (Phi) is 6.89. The molecule has 4 saturated carbocycles. The summed E-state index contributed by atoms with van der Waals surface area (Å²) in [5, 5.41) is 31.7. The van der Waals surface area contributed by atoms with E-state index in [4.69, 9.17) is 5.10 Å². The van der Waals surface area contributed by atoms with Crippen molar-refractivity contribution in [3.05, 3.63) is 90.0 Å². The summed E-state index contributed by atoms with van der Waals surface area (Å²) in [4.78, 5) is 39.6. The van der Waals surface area contributed by atoms with Crippen molar-refractivity contribution in [2.75, 3.05) is 5.32 Å². The molecule has 0 saturated heterocycles. The highest BCUT2D eigenvalue weighted by Crippen LogP contribution is 2.71. The van der Waals surface area contributed by atoms with Gasteiger partial charge in [-0.2, -0.15) is 10.1 Å². The van der Waals surface area contributed by atoms with Crippen LogP contribution in [-0.2, 0) is 6.54 Å². The fourth-order valence-corrected chi connectivity index (χ4v) is 11.7. The van der Waals surface area contributed by atoms with Crippen molar-refractivity contribution >= 4 is 49.5 Å². The van der Waals surface area contributed by atoms with Gasteiger partial charge in [-0.25, -0.2) is 14.8 Å². The molecule has 0 spiro atoms. The molecule has 2 atom stereocenters. The molecule has 2 aromatic carbocycles. The van der Waals surface area contributed by atoms with Gasteiger partial charge in [0.25, 0.3) is 5.91 Å². The van der Waals surface area contributed by atoms with Crippen LogP contribution in [0.4, 0.5) is 5.13 Å². The molecule has 11 heteroatoms. The number of carbonyl (C=O) groups excluding carboxylic acids is 1. The van der Waals surface area contributed by atoms with E-state index in [1.54, 1.807) is 24.5 Å². The van der Waals surface area contributed by atoms with Gasteiger partial charge in [0.2, 0.25) is 0 Å². The summed E-state index contributed by atoms with van der Waals surface area (Å²) < 4.78 is 2.89. The van der Waals surface area contributed by atoms with Gasteiger partial charge in [0, 0.05) is 40.7 Å². The fourth-order valence-electron chi connectivity index (χ4n) is 10.9. The van der Waals surface area contributed by atoms with Crippen molar-refractivity contribution in [2.24, 2.45) is 16.2 Å². The van der Waals surface area contributed by atoms with Crippen molar-refractivity contribution in [2.45, 2.75) is 71.4 Å². The minimum Gasteiger partial charge on any atom is -0.476 e. The molecule has 6 aromatic rings. The molecule has 4 bridgehead atoms. The first-order valence-electron chi connectivity index (χ1n) is 17.4. The second-order valence-electron chi connectivity index (χ2n) is 16.1. The number of rotatable bonds is 7. The first-order valence-corrected chi connectivity index (χ1v) is 18.2. The molecule has 0 aliphatic heterocycles. The number of nitrogens with zero attached hydrogens (tertiary/aromatic N) is 5. The van der Waals surface area contributed by atoms with Crippen molar-refractivity contribution in [3.8, 4) is 22.4 Å². The Morgan fingerprint density at radius 3 is 2.47 bits per heavy atom. The van der Waals surface area contributed by atoms with Gasteiger partial charge in [0.1, 0.15) is 0 Å². The number of benzene rings is 2. The van der Waals surface area contributed by atoms with E-state index in [0.717, 1.165) is 59.9 Å². The Morgan fingerprint density at radius 2 is 1.73 bits per heavy atom. The van der Waals surface area contributed by atoms with Crippen LogP contribution in [-0.4, -0.2) is 52.4 Å². The van der Waals surface area contributed by atoms with Gasteiger partial charge in [-0.1, -0.05) is 49.4 Å². The van der Waals surface area contributed by atoms with Crippen LogP contribution in [0.25, 0.3) is 43.5 Å². The minimum absolute atomic E-state index is 0.0454. The smallest absolute Gasteiger partial charge is 0.355 e. The minimum atomic E-state index is -1.13. The highest BCUT2D eigenvalue weighted by atomic mass is 32.1. The summed E-state index contributed by atoms with van der Waals surface area (Å²) in [6, 6.07) is 18.6. The molecule has 2 unspecified atom stereocenters. The molecule has 4 aliphatic carbocycles. The van der Waals surface area contributed by atoms with Crippen LogP contribution in [0.3, 0.4) is 0 Å². The average molecular weight is 699 g/mol. The number of hydrogen-bond donors (Lipinski definition) is 3. The maximum Gasteiger partial charge on any atom is 0.355 e. The Bertz CT molecular complexity index is 2350. The SMILES string of the molecule is Cc1c(-c2ccc(-c3ccc4cccc(C(=O)Nc5nc6ncccc6s5)c4c3)nc2C(=O)O)cnn1CC12CC3(C)CC(C)(CC(O)(C3)C1)C2. The zero-order valence-corrected chi connectivity index (χ0v) is 29.5. The van der Waals surface area contributed by atoms with Gasteiger partial charge in [-0.05, 0) is 109 Å². The summed E-state index contributed by atoms with van der Waals surface area (Å²) in [7, 11) is 0. The zero-order chi connectivity index (χ0) is 35.3. The van der Waals surface area contributed by atoms with E-state index in [1.807, 2.05) is 60.1 Å². The maximum atomic E-state index is 13.5. The van der Waals surface area contributed by atoms with Gasteiger partial charge in [-0.3, -0.25) is 14.8 Å². The quantitative estimate of drug-likeness (QED) is 0.152. The normalized spacial score (nSPS) is 26.6. The molecule has 4 heterocycles. The number of aromatic carboxylic acids is 1. The number of pyridine rings is 2. The number of fused-ring (bicyclic) bond motifs is 2. The number of nitrogens with one attached hydrogen (secondary N) is 1. The number of anilines is 1. The lowest BCUT2D eigenvalue weighted by Gasteiger charge is -2.68. The Morgan fingerprint density at radius 1 is 0.922 bits per heavy atom. The number of thiazole rings is 1. The van der Waals surface area contributed by atoms with Gasteiger partial charge >= 0.3 is 5.97 Å². The lowest BCUT2D eigenvalue weighted by atomic mass is 9.39. The van der Waals surface area contributed by atoms with E-state index in [9.17, 15) is 19.8 Å². The van der Waals surface area contributed by atoms with E-state index in [1.165, 1.54) is 11.3 Å². The van der Waals surface area contributed by atoms with E-state index in [2.05, 4.69) is 34.1 Å². The van der Waals surface area contributed by atoms with Crippen LogP contribution in [0.15, 0.2) is 73.1 Å². The Hall–Kier alpha value is -5.00. The van der Waals surface area contributed by atoms with Crippen molar-refractivity contribution in [1.29, 1.82) is 0 Å². The third-order valence-corrected chi connectivity index (χ3v) is 12.4. The number of aliphatic hydroxyl groups is 1. The topological polar surface area (TPSA) is 143 Å². The average Bonchev–Trinajstić information content (AvgIpc) is 3.63. The Labute approximate surface area is 298 Å². The van der Waals surface area contributed by atoms with Gasteiger partial charge in [0.15, 0.2) is 16.5 Å². The van der Waals surface area contributed by atoms with Crippen LogP contribution in [0.1, 0.15) is 78.9 Å². The van der Waals surface area contributed by atoms with E-state index in [0.29, 0.717) is 45.1 Å². The van der Waals surface area contributed by atoms with E-state index >= 15 is 0 Å². The third kappa shape index (κ3) is 5.41. The lowest BCUT2D eigenvalue weighted by Crippen LogP contribution is -2.63. The van der Waals surface area contributed by atoms with Crippen LogP contribution in [0, 0.1) is 23.2 Å². The molecule has 4 fully saturated rings. The third-order valence-electron chi connectivity index (χ3n) is 11.5. The number of carbonyl (C=O) groups is 2. The largest absolute Gasteiger partial charge is 0.476 e. The summed E-state index contributed by atoms with van der Waals surface area (Å²) in [5.74, 6) is -1.43. The number of carboxylic acid groups (broad SMARTS) is 1. The molecule has 10 rings (SSSR count). The summed E-state index contributed by atoms with van der Waals surface area (Å²) in [6.45, 7) is 7.36. The molecule has 0 radical (unpaired) electrons. The first kappa shape index (κ1) is 31.9. The number of aromatic nitrogens is 5. The van der Waals surface area contributed by atoms with Crippen LogP contribution < -0.4 is 5.32 Å². The number of hydrogen-bond acceptors (Lipinski definition) is 8. The molecule has 4 aromatic heterocycles. The summed E-state index contributed by atoms with van der Waals surface area (Å²) >= 11 is 1.36. The highest BCUT2D eigenvalue weighted by Gasteiger charge is 2.65. The number of amides is 1. The van der Waals surface area contributed by atoms with Crippen LogP contribution >= 0.6 is 11.3 Å². The zero-order valence-electron chi connectivity index (χ0n) is 28.7. The molecular formula is C40H38N6O4S. The predicted octanol–water partition coefficient (Wildman–Crippen LogP) is 8.14. The van der Waals surface area contributed by atoms with Crippen LogP contribution in [0.5, 0.6) is 0 Å². The summed E-state index contributed by atoms with van der Waals surface area (Å²) in [6.07, 6.45) is 9.23. The molecular weight excluding hydrogens is 661 g/mol. The van der Waals surface area contributed by atoms with Crippen molar-refractivity contribution in [3.63, 3.8) is 0 Å². The van der Waals surface area contributed by atoms with Crippen molar-refractivity contribution < 1.29 is 19.8 Å². The van der Waals surface area contributed by atoms with Gasteiger partial charge in [0.05, 0.1) is 22.2 Å². The second kappa shape index (κ2) is 11.0. The molecule has 4 aliphatic rings. The number of carboxylic acids is 1. The lowest BCUT2D eigenvalue weighted by molar-refractivity contribution is -0.229. The summed E-state index contributed by atoms with van der Waals surface area (Å²) in [5.41, 5.74) is 3.86. The second-order valence-corrected chi connectivity index (χ2v) is 17.2. The standard InChI is InChI=1S/C40H38N6O4S/c1-23-29(15-42-46(23)22-39-17-37(2)16-38(3,18-39)20-40(50,19-37)21-39)26-11-12-30(43-32(26)35(48)49)25-10-9-24-6-4-7-27(28(24)14-25)34(47)45-36-44-33-31(51-36)8-5-13-41-33/h4-15,50H,16-22H2,1-3H3,(H,48,49)(H,41,44,45,47). The van der Waals surface area contributed by atoms with Crippen molar-refractivity contribution in [1.82, 2.24) is 24.7 Å². The Balaban J connectivity index is 1.02. The monoisotopic (exact) mass is 698 g/mol. The van der Waals surface area contributed by atoms with Crippen LogP contribution in [0.2, 0.25) is 0 Å².